The first-order valence-electron chi connectivity index (χ1n) is 14.7. The van der Waals surface area contributed by atoms with Gasteiger partial charge in [0.25, 0.3) is 0 Å². The van der Waals surface area contributed by atoms with Gasteiger partial charge in [0.1, 0.15) is 0 Å². The predicted octanol–water partition coefficient (Wildman–Crippen LogP) is 10.3. The highest BCUT2D eigenvalue weighted by Gasteiger charge is 2.26. The van der Waals surface area contributed by atoms with E-state index in [1.54, 1.807) is 0 Å². The highest BCUT2D eigenvalue weighted by atomic mass is 15.2. The average Bonchev–Trinajstić information content (AvgIpc) is 3.36. The zero-order valence-electron chi connectivity index (χ0n) is 23.1. The zero-order chi connectivity index (χ0) is 28.1. The van der Waals surface area contributed by atoms with Gasteiger partial charge < -0.3 is 0 Å². The van der Waals surface area contributed by atoms with Gasteiger partial charge in [0, 0.05) is 21.7 Å². The molecule has 0 aliphatic heterocycles. The van der Waals surface area contributed by atoms with Gasteiger partial charge in [-0.25, -0.2) is 9.97 Å². The molecule has 0 unspecified atom stereocenters. The molecule has 43 heavy (non-hydrogen) atoms. The van der Waals surface area contributed by atoms with Crippen LogP contribution < -0.4 is 0 Å². The van der Waals surface area contributed by atoms with Gasteiger partial charge in [-0.3, -0.25) is 4.57 Å². The van der Waals surface area contributed by atoms with Crippen molar-refractivity contribution in [3.8, 4) is 39.5 Å². The van der Waals surface area contributed by atoms with Crippen molar-refractivity contribution in [2.45, 2.75) is 0 Å². The van der Waals surface area contributed by atoms with Crippen LogP contribution in [0, 0.1) is 0 Å². The Morgan fingerprint density at radius 1 is 0.419 bits per heavy atom. The molecule has 7 aromatic carbocycles. The summed E-state index contributed by atoms with van der Waals surface area (Å²) in [5.74, 6) is 0.685. The fourth-order valence-electron chi connectivity index (χ4n) is 7.35. The van der Waals surface area contributed by atoms with Crippen molar-refractivity contribution in [3.63, 3.8) is 0 Å². The van der Waals surface area contributed by atoms with Gasteiger partial charge in [0.05, 0.1) is 22.2 Å². The van der Waals surface area contributed by atoms with Gasteiger partial charge in [-0.05, 0) is 68.1 Å². The Morgan fingerprint density at radius 2 is 1.02 bits per heavy atom. The van der Waals surface area contributed by atoms with Crippen molar-refractivity contribution in [1.29, 1.82) is 0 Å². The van der Waals surface area contributed by atoms with Crippen molar-refractivity contribution in [2.24, 2.45) is 0 Å². The topological polar surface area (TPSA) is 30.7 Å². The number of para-hydroxylation sites is 1. The Labute approximate surface area is 247 Å². The first-order valence-corrected chi connectivity index (χ1v) is 14.7. The van der Waals surface area contributed by atoms with Crippen LogP contribution in [0.2, 0.25) is 0 Å². The molecule has 0 atom stereocenters. The minimum atomic E-state index is 0.685. The van der Waals surface area contributed by atoms with Crippen LogP contribution in [0.5, 0.6) is 0 Å². The maximum atomic E-state index is 5.29. The number of nitrogens with zero attached hydrogens (tertiary/aromatic N) is 3. The summed E-state index contributed by atoms with van der Waals surface area (Å²) in [5.41, 5.74) is 10.2. The number of benzene rings is 7. The van der Waals surface area contributed by atoms with Crippen LogP contribution in [0.3, 0.4) is 0 Å². The van der Waals surface area contributed by atoms with E-state index in [-0.39, 0.29) is 0 Å². The smallest absolute Gasteiger partial charge is 0.235 e. The number of rotatable bonds is 2. The Bertz CT molecular complexity index is 2610. The fraction of sp³-hybridized carbons (Fsp3) is 0. The normalized spacial score (nSPS) is 12.2. The van der Waals surface area contributed by atoms with Crippen LogP contribution in [0.25, 0.3) is 93.7 Å². The molecule has 0 amide bonds. The lowest BCUT2D eigenvalue weighted by Gasteiger charge is -2.15. The van der Waals surface area contributed by atoms with Crippen molar-refractivity contribution < 1.29 is 0 Å². The minimum Gasteiger partial charge on any atom is -0.278 e. The summed E-state index contributed by atoms with van der Waals surface area (Å²) in [5, 5.41) is 8.70. The molecular weight excluding hydrogens is 522 g/mol. The molecule has 9 aromatic rings. The molecule has 1 aliphatic rings. The quantitative estimate of drug-likeness (QED) is 0.202. The van der Waals surface area contributed by atoms with Gasteiger partial charge in [-0.15, -0.1) is 0 Å². The van der Waals surface area contributed by atoms with Gasteiger partial charge >= 0.3 is 0 Å². The molecule has 0 spiro atoms. The molecular formula is C40H23N3. The van der Waals surface area contributed by atoms with Gasteiger partial charge in [0.15, 0.2) is 0 Å². The van der Waals surface area contributed by atoms with Crippen LogP contribution in [0.15, 0.2) is 140 Å². The number of hydrogen-bond donors (Lipinski definition) is 0. The molecule has 0 bridgehead atoms. The molecule has 3 nitrogen and oxygen atoms in total. The third-order valence-electron chi connectivity index (χ3n) is 9.12. The number of hydrogen-bond acceptors (Lipinski definition) is 2. The second kappa shape index (κ2) is 8.37. The van der Waals surface area contributed by atoms with E-state index in [9.17, 15) is 0 Å². The Balaban J connectivity index is 1.38. The second-order valence-corrected chi connectivity index (χ2v) is 11.4. The monoisotopic (exact) mass is 545 g/mol. The van der Waals surface area contributed by atoms with E-state index < -0.39 is 0 Å². The van der Waals surface area contributed by atoms with Gasteiger partial charge in [-0.1, -0.05) is 115 Å². The van der Waals surface area contributed by atoms with E-state index in [2.05, 4.69) is 138 Å². The maximum absolute atomic E-state index is 5.29. The largest absolute Gasteiger partial charge is 0.278 e. The molecule has 0 saturated carbocycles. The van der Waals surface area contributed by atoms with E-state index in [1.165, 1.54) is 54.6 Å². The fourth-order valence-corrected chi connectivity index (χ4v) is 7.35. The average molecular weight is 546 g/mol. The van der Waals surface area contributed by atoms with Crippen molar-refractivity contribution in [3.05, 3.63) is 140 Å². The SMILES string of the molecule is c1ccc(-c2nc(-n3c4cccc5c4c4c(cccc43)-c3cc4ccccc4c4cccc-5c34)nc3ccccc23)cc1. The summed E-state index contributed by atoms with van der Waals surface area (Å²) in [7, 11) is 0. The first-order chi connectivity index (χ1) is 21.3. The van der Waals surface area contributed by atoms with Gasteiger partial charge in [0.2, 0.25) is 5.95 Å². The van der Waals surface area contributed by atoms with Crippen molar-refractivity contribution in [1.82, 2.24) is 14.5 Å². The summed E-state index contributed by atoms with van der Waals surface area (Å²) in [6, 6.07) is 50.0. The lowest BCUT2D eigenvalue weighted by atomic mass is 9.90. The maximum Gasteiger partial charge on any atom is 0.235 e. The summed E-state index contributed by atoms with van der Waals surface area (Å²) in [6.07, 6.45) is 0. The van der Waals surface area contributed by atoms with Crippen LogP contribution in [-0.2, 0) is 0 Å². The summed E-state index contributed by atoms with van der Waals surface area (Å²) < 4.78 is 2.27. The summed E-state index contributed by atoms with van der Waals surface area (Å²) in [6.45, 7) is 0. The molecule has 10 rings (SSSR count). The van der Waals surface area contributed by atoms with E-state index in [0.717, 1.165) is 33.2 Å². The third-order valence-corrected chi connectivity index (χ3v) is 9.12. The van der Waals surface area contributed by atoms with Gasteiger partial charge in [-0.2, -0.15) is 0 Å². The first kappa shape index (κ1) is 22.8. The molecule has 0 fully saturated rings. The Morgan fingerprint density at radius 3 is 1.81 bits per heavy atom. The molecule has 3 heteroatoms. The van der Waals surface area contributed by atoms with Crippen molar-refractivity contribution >= 4 is 54.3 Å². The third kappa shape index (κ3) is 3.03. The molecule has 2 heterocycles. The second-order valence-electron chi connectivity index (χ2n) is 11.4. The molecule has 2 aromatic heterocycles. The minimum absolute atomic E-state index is 0.685. The highest BCUT2D eigenvalue weighted by Crippen LogP contribution is 2.50. The molecule has 1 aliphatic carbocycles. The Kier molecular flexibility index (Phi) is 4.45. The molecule has 0 N–H and O–H groups in total. The zero-order valence-corrected chi connectivity index (χ0v) is 23.1. The van der Waals surface area contributed by atoms with Crippen LogP contribution >= 0.6 is 0 Å². The molecule has 0 radical (unpaired) electrons. The van der Waals surface area contributed by atoms with E-state index in [0.29, 0.717) is 5.95 Å². The lowest BCUT2D eigenvalue weighted by Crippen LogP contribution is -2.03. The number of fused-ring (bicyclic) bond motifs is 5. The van der Waals surface area contributed by atoms with E-state index >= 15 is 0 Å². The van der Waals surface area contributed by atoms with E-state index in [4.69, 9.17) is 9.97 Å². The van der Waals surface area contributed by atoms with Crippen LogP contribution in [-0.4, -0.2) is 14.5 Å². The van der Waals surface area contributed by atoms with E-state index in [1.807, 2.05) is 6.07 Å². The molecule has 0 saturated heterocycles. The van der Waals surface area contributed by atoms with Crippen LogP contribution in [0.4, 0.5) is 0 Å². The summed E-state index contributed by atoms with van der Waals surface area (Å²) in [4.78, 5) is 10.5. The number of aromatic nitrogens is 3. The standard InChI is InChI=1S/C40H23N3/c1-2-11-24(12-3-1)39-31-15-6-7-20-33(31)41-40(42-39)43-34-21-9-18-29-28-17-8-16-27-26-14-5-4-13-25(26)23-32(36(27)28)30-19-10-22-35(43)38(30)37(29)34/h1-23H. The lowest BCUT2D eigenvalue weighted by molar-refractivity contribution is 1.01. The highest BCUT2D eigenvalue weighted by molar-refractivity contribution is 6.29. The Hall–Kier alpha value is -5.80. The predicted molar refractivity (Wildman–Crippen MR) is 179 cm³/mol. The molecule has 198 valence electrons. The summed E-state index contributed by atoms with van der Waals surface area (Å²) >= 11 is 0. The van der Waals surface area contributed by atoms with Crippen molar-refractivity contribution in [2.75, 3.05) is 0 Å². The van der Waals surface area contributed by atoms with Crippen LogP contribution in [0.1, 0.15) is 0 Å².